The van der Waals surface area contributed by atoms with Crippen LogP contribution in [0.25, 0.3) is 0 Å². The molecule has 3 nitrogen and oxygen atoms in total. The van der Waals surface area contributed by atoms with Crippen molar-refractivity contribution in [3.63, 3.8) is 0 Å². The van der Waals surface area contributed by atoms with E-state index in [1.165, 1.54) is 17.8 Å². The van der Waals surface area contributed by atoms with Gasteiger partial charge in [-0.2, -0.15) is 0 Å². The van der Waals surface area contributed by atoms with E-state index in [1.807, 2.05) is 17.8 Å². The summed E-state index contributed by atoms with van der Waals surface area (Å²) in [4.78, 5) is 4.85. The van der Waals surface area contributed by atoms with Crippen LogP contribution in [0.1, 0.15) is 18.6 Å². The van der Waals surface area contributed by atoms with Crippen LogP contribution in [0.2, 0.25) is 0 Å². The van der Waals surface area contributed by atoms with Crippen molar-refractivity contribution in [2.45, 2.75) is 23.1 Å². The number of halogens is 1. The molecule has 0 radical (unpaired) electrons. The normalized spacial score (nSPS) is 12.7. The highest BCUT2D eigenvalue weighted by molar-refractivity contribution is 7.99. The fourth-order valence-electron chi connectivity index (χ4n) is 1.56. The summed E-state index contributed by atoms with van der Waals surface area (Å²) < 4.78 is 15.5. The molecule has 2 rings (SSSR count). The molecule has 0 spiro atoms. The lowest BCUT2D eigenvalue weighted by atomic mass is 10.1. The van der Waals surface area contributed by atoms with Gasteiger partial charge in [0.05, 0.1) is 6.10 Å². The Hall–Kier alpha value is -1.33. The molecule has 1 aromatic carbocycles. The second-order valence-electron chi connectivity index (χ2n) is 3.75. The van der Waals surface area contributed by atoms with Gasteiger partial charge in [0.25, 0.3) is 0 Å². The topological polar surface area (TPSA) is 38.1 Å². The smallest absolute Gasteiger partial charge is 0.172 e. The molecule has 0 unspecified atom stereocenters. The van der Waals surface area contributed by atoms with Gasteiger partial charge in [-0.05, 0) is 19.1 Å². The first-order valence-electron chi connectivity index (χ1n) is 5.21. The van der Waals surface area contributed by atoms with Gasteiger partial charge in [-0.15, -0.1) is 0 Å². The molecule has 1 heterocycles. The first-order chi connectivity index (χ1) is 8.09. The van der Waals surface area contributed by atoms with Crippen molar-refractivity contribution in [2.24, 2.45) is 7.05 Å². The number of hydrogen-bond donors (Lipinski definition) is 1. The third kappa shape index (κ3) is 2.50. The predicted molar refractivity (Wildman–Crippen MR) is 64.4 cm³/mol. The molecule has 0 saturated heterocycles. The minimum atomic E-state index is -0.834. The Kier molecular flexibility index (Phi) is 3.49. The molecule has 0 amide bonds. The van der Waals surface area contributed by atoms with Crippen molar-refractivity contribution in [3.05, 3.63) is 42.0 Å². The summed E-state index contributed by atoms with van der Waals surface area (Å²) in [5.41, 5.74) is 0.320. The van der Waals surface area contributed by atoms with Gasteiger partial charge in [-0.25, -0.2) is 9.37 Å². The lowest BCUT2D eigenvalue weighted by Gasteiger charge is -2.12. The van der Waals surface area contributed by atoms with E-state index in [-0.39, 0.29) is 5.82 Å². The highest BCUT2D eigenvalue weighted by atomic mass is 32.2. The fourth-order valence-corrected chi connectivity index (χ4v) is 2.60. The second kappa shape index (κ2) is 4.89. The Balaban J connectivity index is 2.39. The van der Waals surface area contributed by atoms with E-state index in [0.29, 0.717) is 10.5 Å². The standard InChI is InChI=1S/C12H13FN2OS/c1-8(16)11-9(13)4-3-5-10(11)17-12-14-6-7-15(12)2/h3-8,16H,1-2H3/t8-/m1/s1. The van der Waals surface area contributed by atoms with E-state index in [1.54, 1.807) is 25.3 Å². The Bertz CT molecular complexity index is 525. The molecule has 90 valence electrons. The zero-order valence-electron chi connectivity index (χ0n) is 9.59. The highest BCUT2D eigenvalue weighted by Crippen LogP contribution is 2.33. The zero-order chi connectivity index (χ0) is 12.4. The van der Waals surface area contributed by atoms with Gasteiger partial charge in [0, 0.05) is 29.9 Å². The van der Waals surface area contributed by atoms with Crippen molar-refractivity contribution in [1.82, 2.24) is 9.55 Å². The van der Waals surface area contributed by atoms with E-state index in [0.717, 1.165) is 5.16 Å². The van der Waals surface area contributed by atoms with E-state index < -0.39 is 6.10 Å². The van der Waals surface area contributed by atoms with Gasteiger partial charge in [0.1, 0.15) is 5.82 Å². The number of aryl methyl sites for hydroxylation is 1. The van der Waals surface area contributed by atoms with E-state index in [4.69, 9.17) is 0 Å². The van der Waals surface area contributed by atoms with Crippen LogP contribution in [0.15, 0.2) is 40.6 Å². The van der Waals surface area contributed by atoms with Gasteiger partial charge in [0.15, 0.2) is 5.16 Å². The Morgan fingerprint density at radius 1 is 1.47 bits per heavy atom. The molecule has 0 bridgehead atoms. The fraction of sp³-hybridized carbons (Fsp3) is 0.250. The number of rotatable bonds is 3. The van der Waals surface area contributed by atoms with Crippen LogP contribution in [-0.2, 0) is 7.05 Å². The van der Waals surface area contributed by atoms with E-state index in [2.05, 4.69) is 4.98 Å². The quantitative estimate of drug-likeness (QED) is 0.912. The molecular weight excluding hydrogens is 239 g/mol. The highest BCUT2D eigenvalue weighted by Gasteiger charge is 2.15. The maximum Gasteiger partial charge on any atom is 0.172 e. The number of aromatic nitrogens is 2. The molecule has 0 aliphatic heterocycles. The molecule has 0 aliphatic rings. The van der Waals surface area contributed by atoms with Gasteiger partial charge < -0.3 is 9.67 Å². The predicted octanol–water partition coefficient (Wildman–Crippen LogP) is 2.76. The lowest BCUT2D eigenvalue weighted by molar-refractivity contribution is 0.191. The van der Waals surface area contributed by atoms with Crippen molar-refractivity contribution >= 4 is 11.8 Å². The summed E-state index contributed by atoms with van der Waals surface area (Å²) in [6, 6.07) is 4.77. The van der Waals surface area contributed by atoms with Crippen LogP contribution >= 0.6 is 11.8 Å². The van der Waals surface area contributed by atoms with Gasteiger partial charge in [-0.3, -0.25) is 0 Å². The van der Waals surface area contributed by atoms with E-state index >= 15 is 0 Å². The van der Waals surface area contributed by atoms with Crippen molar-refractivity contribution in [1.29, 1.82) is 0 Å². The summed E-state index contributed by atoms with van der Waals surface area (Å²) in [6.07, 6.45) is 2.67. The third-order valence-corrected chi connectivity index (χ3v) is 3.56. The number of nitrogens with zero attached hydrogens (tertiary/aromatic N) is 2. The first-order valence-corrected chi connectivity index (χ1v) is 6.03. The number of imidazole rings is 1. The molecule has 1 N–H and O–H groups in total. The molecule has 0 fully saturated rings. The molecule has 2 aromatic rings. The van der Waals surface area contributed by atoms with Gasteiger partial charge in [0.2, 0.25) is 0 Å². The average Bonchev–Trinajstić information content (AvgIpc) is 2.64. The second-order valence-corrected chi connectivity index (χ2v) is 4.76. The Labute approximate surface area is 103 Å². The lowest BCUT2D eigenvalue weighted by Crippen LogP contribution is -1.99. The van der Waals surface area contributed by atoms with Crippen LogP contribution in [0.5, 0.6) is 0 Å². The number of aliphatic hydroxyl groups excluding tert-OH is 1. The minimum Gasteiger partial charge on any atom is -0.389 e. The molecule has 17 heavy (non-hydrogen) atoms. The number of hydrogen-bond acceptors (Lipinski definition) is 3. The van der Waals surface area contributed by atoms with Crippen molar-refractivity contribution < 1.29 is 9.50 Å². The van der Waals surface area contributed by atoms with Crippen LogP contribution < -0.4 is 0 Å². The molecular formula is C12H13FN2OS. The van der Waals surface area contributed by atoms with Gasteiger partial charge >= 0.3 is 0 Å². The Morgan fingerprint density at radius 3 is 2.82 bits per heavy atom. The molecule has 1 aromatic heterocycles. The van der Waals surface area contributed by atoms with Crippen LogP contribution in [-0.4, -0.2) is 14.7 Å². The largest absolute Gasteiger partial charge is 0.389 e. The maximum absolute atomic E-state index is 13.6. The van der Waals surface area contributed by atoms with Crippen LogP contribution in [0.3, 0.4) is 0 Å². The SMILES string of the molecule is C[C@@H](O)c1c(F)cccc1Sc1nccn1C. The summed E-state index contributed by atoms with van der Waals surface area (Å²) in [5, 5.41) is 10.4. The molecule has 1 atom stereocenters. The van der Waals surface area contributed by atoms with Crippen LogP contribution in [0.4, 0.5) is 4.39 Å². The van der Waals surface area contributed by atoms with E-state index in [9.17, 15) is 9.50 Å². The zero-order valence-corrected chi connectivity index (χ0v) is 10.4. The molecule has 0 aliphatic carbocycles. The summed E-state index contributed by atoms with van der Waals surface area (Å²) in [6.45, 7) is 1.56. The van der Waals surface area contributed by atoms with Crippen molar-refractivity contribution in [2.75, 3.05) is 0 Å². The average molecular weight is 252 g/mol. The first kappa shape index (κ1) is 12.1. The molecule has 0 saturated carbocycles. The Morgan fingerprint density at radius 2 is 2.24 bits per heavy atom. The molecule has 5 heteroatoms. The van der Waals surface area contributed by atoms with Gasteiger partial charge in [-0.1, -0.05) is 17.8 Å². The summed E-state index contributed by atoms with van der Waals surface area (Å²) in [7, 11) is 1.87. The summed E-state index contributed by atoms with van der Waals surface area (Å²) in [5.74, 6) is -0.390. The van der Waals surface area contributed by atoms with Crippen LogP contribution in [0, 0.1) is 5.82 Å². The maximum atomic E-state index is 13.6. The monoisotopic (exact) mass is 252 g/mol. The minimum absolute atomic E-state index is 0.320. The van der Waals surface area contributed by atoms with Crippen molar-refractivity contribution in [3.8, 4) is 0 Å². The third-order valence-electron chi connectivity index (χ3n) is 2.41. The number of benzene rings is 1. The summed E-state index contributed by atoms with van der Waals surface area (Å²) >= 11 is 1.34. The number of aliphatic hydroxyl groups is 1.